The van der Waals surface area contributed by atoms with Crippen LogP contribution in [0.5, 0.6) is 0 Å². The molecule has 282 valence electrons. The Morgan fingerprint density at radius 3 is 0.877 bits per heavy atom. The predicted molar refractivity (Wildman–Crippen MR) is 248 cm³/mol. The van der Waals surface area contributed by atoms with Crippen LogP contribution in [0.15, 0.2) is 72.8 Å². The van der Waals surface area contributed by atoms with E-state index in [1.54, 1.807) is 0 Å². The highest BCUT2D eigenvalue weighted by atomic mass is 15.0. The lowest BCUT2D eigenvalue weighted by Crippen LogP contribution is -2.08. The van der Waals surface area contributed by atoms with Gasteiger partial charge in [0.1, 0.15) is 0 Å². The summed E-state index contributed by atoms with van der Waals surface area (Å²) in [5.41, 5.74) is 17.1. The molecule has 57 heavy (non-hydrogen) atoms. The number of hydrogen-bond acceptors (Lipinski definition) is 0. The summed E-state index contributed by atoms with van der Waals surface area (Å²) in [6, 6.07) is 29.9. The van der Waals surface area contributed by atoms with Gasteiger partial charge in [0.2, 0.25) is 0 Å². The first-order valence-electron chi connectivity index (χ1n) is 22.7. The smallest absolute Gasteiger partial charge is 0.0662 e. The highest BCUT2D eigenvalue weighted by Crippen LogP contribution is 2.56. The zero-order valence-corrected chi connectivity index (χ0v) is 33.9. The maximum atomic E-state index is 2.73. The van der Waals surface area contributed by atoms with Crippen LogP contribution in [0.4, 0.5) is 0 Å². The molecule has 0 aliphatic carbocycles. The van der Waals surface area contributed by atoms with Crippen LogP contribution in [-0.4, -0.2) is 13.2 Å². The second kappa shape index (κ2) is 11.9. The lowest BCUT2D eigenvalue weighted by Gasteiger charge is -2.29. The summed E-state index contributed by atoms with van der Waals surface area (Å²) in [6.45, 7) is 6.98. The van der Waals surface area contributed by atoms with Crippen molar-refractivity contribution in [1.29, 1.82) is 0 Å². The monoisotopic (exact) mass is 741 g/mol. The largest absolute Gasteiger partial charge is 0.308 e. The maximum Gasteiger partial charge on any atom is 0.0662 e. The molecule has 0 unspecified atom stereocenters. The van der Waals surface area contributed by atoms with Gasteiger partial charge < -0.3 is 13.2 Å². The van der Waals surface area contributed by atoms with Crippen LogP contribution in [0.25, 0.3) is 114 Å². The average Bonchev–Trinajstić information content (AvgIpc) is 4.00. The zero-order chi connectivity index (χ0) is 37.7. The molecular weight excluding hydrogens is 691 g/mol. The predicted octanol–water partition coefficient (Wildman–Crippen LogP) is 15.8. The summed E-state index contributed by atoms with van der Waals surface area (Å²) in [5, 5.41) is 17.6. The van der Waals surface area contributed by atoms with Gasteiger partial charge in [-0.05, 0) is 91.6 Å². The van der Waals surface area contributed by atoms with Gasteiger partial charge in [0.05, 0.1) is 49.7 Å². The molecule has 0 aliphatic heterocycles. The maximum absolute atomic E-state index is 2.73. The van der Waals surface area contributed by atoms with Gasteiger partial charge in [0.25, 0.3) is 0 Å². The molecule has 0 amide bonds. The fourth-order valence-electron chi connectivity index (χ4n) is 12.4. The number of aryl methyl sites for hydroxylation is 3. The molecule has 3 heteroatoms. The third-order valence-corrected chi connectivity index (χ3v) is 14.9. The normalized spacial score (nSPS) is 13.5. The Bertz CT molecular complexity index is 3180. The number of aromatic nitrogens is 3. The van der Waals surface area contributed by atoms with Crippen LogP contribution in [0, 0.1) is 0 Å². The fourth-order valence-corrected chi connectivity index (χ4v) is 12.4. The van der Waals surface area contributed by atoms with Crippen molar-refractivity contribution in [2.75, 3.05) is 0 Å². The number of benzene rings is 4. The molecular formula is C54H51N3. The summed E-state index contributed by atoms with van der Waals surface area (Å²) >= 11 is 0. The Morgan fingerprint density at radius 2 is 0.579 bits per heavy atom. The van der Waals surface area contributed by atoms with E-state index in [0.29, 0.717) is 0 Å². The van der Waals surface area contributed by atoms with Crippen LogP contribution in [0.3, 0.4) is 0 Å². The zero-order valence-electron chi connectivity index (χ0n) is 33.9. The molecule has 9 heterocycles. The van der Waals surface area contributed by atoms with Crippen LogP contribution in [0.2, 0.25) is 0 Å². The summed E-state index contributed by atoms with van der Waals surface area (Å²) in [7, 11) is 0. The highest BCUT2D eigenvalue weighted by molar-refractivity contribution is 6.48. The first-order valence-corrected chi connectivity index (χ1v) is 22.7. The molecule has 0 saturated carbocycles. The van der Waals surface area contributed by atoms with Crippen molar-refractivity contribution in [3.63, 3.8) is 0 Å². The van der Waals surface area contributed by atoms with Gasteiger partial charge in [0, 0.05) is 64.6 Å². The molecule has 4 aromatic carbocycles. The van der Waals surface area contributed by atoms with E-state index in [9.17, 15) is 0 Å². The van der Waals surface area contributed by atoms with E-state index in [2.05, 4.69) is 107 Å². The molecule has 0 radical (unpaired) electrons. The molecule has 3 nitrogen and oxygen atoms in total. The Labute approximate surface area is 332 Å². The summed E-state index contributed by atoms with van der Waals surface area (Å²) in [6.07, 6.45) is 18.7. The number of hydrogen-bond donors (Lipinski definition) is 0. The SMILES string of the molecule is CCCCCCc1ccc2c3c1c1ccc4c5ccc(CCCCCC)c6c5c5c(c3c3c7c8c(ccc(CCCCCC)c8c8ccc2n83)c2ccc6n2c57)n41. The summed E-state index contributed by atoms with van der Waals surface area (Å²) in [5.74, 6) is 0. The van der Waals surface area contributed by atoms with E-state index >= 15 is 0 Å². The van der Waals surface area contributed by atoms with Gasteiger partial charge in [0.15, 0.2) is 0 Å². The second-order valence-corrected chi connectivity index (χ2v) is 18.0. The van der Waals surface area contributed by atoms with Gasteiger partial charge in [-0.1, -0.05) is 115 Å². The first kappa shape index (κ1) is 32.8. The van der Waals surface area contributed by atoms with Gasteiger partial charge in [-0.3, -0.25) is 0 Å². The molecule has 0 atom stereocenters. The number of nitrogens with zero attached hydrogens (tertiary/aromatic N) is 3. The van der Waals surface area contributed by atoms with Crippen LogP contribution in [0.1, 0.15) is 115 Å². The molecule has 9 aromatic heterocycles. The van der Waals surface area contributed by atoms with Crippen molar-refractivity contribution in [2.45, 2.75) is 117 Å². The van der Waals surface area contributed by atoms with Crippen LogP contribution in [-0.2, 0) is 19.3 Å². The molecule has 0 fully saturated rings. The van der Waals surface area contributed by atoms with E-state index < -0.39 is 0 Å². The van der Waals surface area contributed by atoms with Crippen molar-refractivity contribution >= 4 is 114 Å². The van der Waals surface area contributed by atoms with E-state index in [4.69, 9.17) is 0 Å². The molecule has 0 spiro atoms. The topological polar surface area (TPSA) is 13.2 Å². The minimum atomic E-state index is 1.13. The Hall–Kier alpha value is -5.28. The minimum absolute atomic E-state index is 1.13. The van der Waals surface area contributed by atoms with Crippen LogP contribution >= 0.6 is 0 Å². The Morgan fingerprint density at radius 1 is 0.281 bits per heavy atom. The molecule has 0 bridgehead atoms. The van der Waals surface area contributed by atoms with Crippen molar-refractivity contribution in [2.24, 2.45) is 0 Å². The second-order valence-electron chi connectivity index (χ2n) is 18.0. The third kappa shape index (κ3) is 3.94. The van der Waals surface area contributed by atoms with Crippen molar-refractivity contribution in [1.82, 2.24) is 13.2 Å². The number of pyridine rings is 6. The third-order valence-electron chi connectivity index (χ3n) is 14.9. The van der Waals surface area contributed by atoms with Gasteiger partial charge >= 0.3 is 0 Å². The molecule has 13 aromatic rings. The lowest BCUT2D eigenvalue weighted by molar-refractivity contribution is 0.668. The fraction of sp³-hybridized carbons (Fsp3) is 0.333. The Balaban J connectivity index is 1.29. The van der Waals surface area contributed by atoms with Crippen LogP contribution < -0.4 is 0 Å². The van der Waals surface area contributed by atoms with Gasteiger partial charge in [-0.2, -0.15) is 0 Å². The number of unbranched alkanes of at least 4 members (excludes halogenated alkanes) is 9. The van der Waals surface area contributed by atoms with Gasteiger partial charge in [-0.15, -0.1) is 0 Å². The summed E-state index contributed by atoms with van der Waals surface area (Å²) < 4.78 is 8.19. The van der Waals surface area contributed by atoms with Crippen molar-refractivity contribution in [3.05, 3.63) is 89.5 Å². The number of fused-ring (bicyclic) bond motifs is 6. The van der Waals surface area contributed by atoms with E-state index in [0.717, 1.165) is 19.3 Å². The van der Waals surface area contributed by atoms with Crippen molar-refractivity contribution in [3.8, 4) is 0 Å². The standard InChI is InChI=1S/C54H51N3/c1-4-7-10-13-16-31-19-22-34-37-26-29-41-44-33(18-15-12-9-6-3)21-24-36-39-27-30-42-45-32(17-14-11-8-5-2)20-23-35-38-25-28-40-43(31)46(34)49-52(55(38)40)50(47(35)45)54(57(39)42)51(48(36)44)53(49)56(37)41/h19-30H,4-18H2,1-3H3. The highest BCUT2D eigenvalue weighted by Gasteiger charge is 2.33. The first-order chi connectivity index (χ1) is 28.2. The van der Waals surface area contributed by atoms with Crippen molar-refractivity contribution < 1.29 is 0 Å². The molecule has 0 N–H and O–H groups in total. The van der Waals surface area contributed by atoms with E-state index in [-0.39, 0.29) is 0 Å². The van der Waals surface area contributed by atoms with E-state index in [1.165, 1.54) is 208 Å². The molecule has 0 aliphatic rings. The molecule has 13 rings (SSSR count). The quantitative estimate of drug-likeness (QED) is 0.0564. The summed E-state index contributed by atoms with van der Waals surface area (Å²) in [4.78, 5) is 0. The van der Waals surface area contributed by atoms with E-state index in [1.807, 2.05) is 0 Å². The number of rotatable bonds is 15. The minimum Gasteiger partial charge on any atom is -0.308 e. The molecule has 0 saturated heterocycles. The van der Waals surface area contributed by atoms with Gasteiger partial charge in [-0.25, -0.2) is 0 Å². The average molecular weight is 742 g/mol. The lowest BCUT2D eigenvalue weighted by atomic mass is 9.85. The Kier molecular flexibility index (Phi) is 6.83.